The number of carbonyl (C=O) groups excluding carboxylic acids is 3. The fraction of sp³-hybridized carbons (Fsp3) is 0.174. The molecule has 0 aromatic heterocycles. The summed E-state index contributed by atoms with van der Waals surface area (Å²) in [6.07, 6.45) is 6.83. The van der Waals surface area contributed by atoms with E-state index in [0.29, 0.717) is 38.7 Å². The first-order chi connectivity index (χ1) is 15.3. The molecule has 0 bridgehead atoms. The van der Waals surface area contributed by atoms with Crippen LogP contribution in [0.25, 0.3) is 6.08 Å². The normalized spacial score (nSPS) is 14.6. The van der Waals surface area contributed by atoms with Gasteiger partial charge >= 0.3 is 0 Å². The molecule has 1 aliphatic heterocycles. The van der Waals surface area contributed by atoms with Crippen LogP contribution in [0.5, 0.6) is 11.5 Å². The lowest BCUT2D eigenvalue weighted by atomic mass is 10.1. The Bertz CT molecular complexity index is 1140. The van der Waals surface area contributed by atoms with E-state index in [1.807, 2.05) is 6.92 Å². The summed E-state index contributed by atoms with van der Waals surface area (Å²) in [5.74, 6) is 2.39. The van der Waals surface area contributed by atoms with E-state index in [-0.39, 0.29) is 23.8 Å². The maximum atomic E-state index is 12.8. The minimum atomic E-state index is -0.538. The number of benzene rings is 2. The van der Waals surface area contributed by atoms with Crippen molar-refractivity contribution in [2.45, 2.75) is 6.92 Å². The molecule has 6 nitrogen and oxygen atoms in total. The highest BCUT2D eigenvalue weighted by Gasteiger charge is 2.36. The van der Waals surface area contributed by atoms with E-state index in [0.717, 1.165) is 16.7 Å². The highest BCUT2D eigenvalue weighted by atomic mass is 79.9. The van der Waals surface area contributed by atoms with Gasteiger partial charge in [-0.25, -0.2) is 0 Å². The van der Waals surface area contributed by atoms with Crippen molar-refractivity contribution < 1.29 is 23.9 Å². The third-order valence-corrected chi connectivity index (χ3v) is 6.02. The number of nitrogens with zero attached hydrogens (tertiary/aromatic N) is 1. The van der Waals surface area contributed by atoms with Crippen LogP contribution in [0.2, 0.25) is 5.02 Å². The Hall–Kier alpha value is -2.73. The Kier molecular flexibility index (Phi) is 8.02. The topological polar surface area (TPSA) is 72.9 Å². The summed E-state index contributed by atoms with van der Waals surface area (Å²) in [4.78, 5) is 38.8. The summed E-state index contributed by atoms with van der Waals surface area (Å²) < 4.78 is 11.7. The molecule has 0 N–H and O–H groups in total. The molecular formula is C23H17BrClNO5S. The maximum absolute atomic E-state index is 12.8. The van der Waals surface area contributed by atoms with Crippen molar-refractivity contribution in [2.24, 2.45) is 0 Å². The first-order valence-corrected chi connectivity index (χ1v) is 11.4. The standard InChI is InChI=1S/C23H17BrClNO5S/c1-3-9-31-21-17(24)10-14(11-19(21)30-4-2)12-20-22(28)26(23(29)32-20)13-18(27)15-5-7-16(25)8-6-15/h1,5-8,10-12H,4,9,13H2,2H3/b20-12-. The summed E-state index contributed by atoms with van der Waals surface area (Å²) in [6, 6.07) is 9.67. The molecule has 0 unspecified atom stereocenters. The number of amides is 2. The van der Waals surface area contributed by atoms with Gasteiger partial charge in [0.05, 0.1) is 22.5 Å². The molecule has 3 rings (SSSR count). The largest absolute Gasteiger partial charge is 0.490 e. The molecular weight excluding hydrogens is 518 g/mol. The van der Waals surface area contributed by atoms with Gasteiger partial charge in [-0.1, -0.05) is 17.5 Å². The number of ketones is 1. The third kappa shape index (κ3) is 5.54. The molecule has 164 valence electrons. The first kappa shape index (κ1) is 23.9. The van der Waals surface area contributed by atoms with Crippen molar-refractivity contribution in [3.05, 3.63) is 61.9 Å². The second-order valence-corrected chi connectivity index (χ2v) is 8.74. The van der Waals surface area contributed by atoms with E-state index in [9.17, 15) is 14.4 Å². The van der Waals surface area contributed by atoms with Crippen LogP contribution in [0.4, 0.5) is 4.79 Å². The molecule has 1 heterocycles. The molecule has 0 atom stereocenters. The average Bonchev–Trinajstić information content (AvgIpc) is 3.01. The zero-order valence-electron chi connectivity index (χ0n) is 16.9. The fourth-order valence-electron chi connectivity index (χ4n) is 2.85. The van der Waals surface area contributed by atoms with Gasteiger partial charge in [0, 0.05) is 10.6 Å². The van der Waals surface area contributed by atoms with Gasteiger partial charge in [0.25, 0.3) is 11.1 Å². The Morgan fingerprint density at radius 2 is 1.97 bits per heavy atom. The average molecular weight is 535 g/mol. The zero-order valence-corrected chi connectivity index (χ0v) is 20.1. The number of hydrogen-bond donors (Lipinski definition) is 0. The van der Waals surface area contributed by atoms with E-state index in [1.165, 1.54) is 0 Å². The van der Waals surface area contributed by atoms with Crippen LogP contribution in [0, 0.1) is 12.3 Å². The number of carbonyl (C=O) groups is 3. The monoisotopic (exact) mass is 533 g/mol. The SMILES string of the molecule is C#CCOc1c(Br)cc(/C=C2\SC(=O)N(CC(=O)c3ccc(Cl)cc3)C2=O)cc1OCC. The molecule has 32 heavy (non-hydrogen) atoms. The van der Waals surface area contributed by atoms with E-state index in [4.69, 9.17) is 27.5 Å². The van der Waals surface area contributed by atoms with Crippen LogP contribution in [0.1, 0.15) is 22.8 Å². The lowest BCUT2D eigenvalue weighted by molar-refractivity contribution is -0.122. The molecule has 2 aromatic rings. The van der Waals surface area contributed by atoms with Gasteiger partial charge < -0.3 is 9.47 Å². The Labute approximate surface area is 203 Å². The summed E-state index contributed by atoms with van der Waals surface area (Å²) in [5, 5.41) is -0.0226. The Morgan fingerprint density at radius 3 is 2.62 bits per heavy atom. The van der Waals surface area contributed by atoms with Crippen LogP contribution in [-0.4, -0.2) is 41.6 Å². The molecule has 0 saturated carbocycles. The van der Waals surface area contributed by atoms with Crippen molar-refractivity contribution in [1.82, 2.24) is 4.90 Å². The fourth-order valence-corrected chi connectivity index (χ4v) is 4.38. The minimum absolute atomic E-state index is 0.0680. The van der Waals surface area contributed by atoms with Gasteiger partial charge in [-0.3, -0.25) is 19.3 Å². The minimum Gasteiger partial charge on any atom is -0.490 e. The van der Waals surface area contributed by atoms with Crippen LogP contribution in [-0.2, 0) is 4.79 Å². The van der Waals surface area contributed by atoms with Gasteiger partial charge in [-0.2, -0.15) is 0 Å². The van der Waals surface area contributed by atoms with Gasteiger partial charge in [0.1, 0.15) is 6.61 Å². The zero-order chi connectivity index (χ0) is 23.3. The quantitative estimate of drug-likeness (QED) is 0.255. The van der Waals surface area contributed by atoms with Crippen LogP contribution >= 0.6 is 39.3 Å². The molecule has 1 aliphatic rings. The van der Waals surface area contributed by atoms with Crippen molar-refractivity contribution in [2.75, 3.05) is 19.8 Å². The summed E-state index contributed by atoms with van der Waals surface area (Å²) in [7, 11) is 0. The van der Waals surface area contributed by atoms with E-state index in [1.54, 1.807) is 42.5 Å². The number of halogens is 2. The lowest BCUT2D eigenvalue weighted by Crippen LogP contribution is -2.33. The third-order valence-electron chi connectivity index (χ3n) is 4.27. The van der Waals surface area contributed by atoms with Crippen molar-refractivity contribution in [1.29, 1.82) is 0 Å². The number of ether oxygens (including phenoxy) is 2. The lowest BCUT2D eigenvalue weighted by Gasteiger charge is -2.13. The molecule has 1 fully saturated rings. The predicted molar refractivity (Wildman–Crippen MR) is 128 cm³/mol. The predicted octanol–water partition coefficient (Wildman–Crippen LogP) is 5.43. The number of rotatable bonds is 8. The Balaban J connectivity index is 1.82. The first-order valence-electron chi connectivity index (χ1n) is 9.40. The smallest absolute Gasteiger partial charge is 0.293 e. The molecule has 9 heteroatoms. The van der Waals surface area contributed by atoms with Crippen molar-refractivity contribution in [3.8, 4) is 23.8 Å². The number of terminal acetylenes is 1. The van der Waals surface area contributed by atoms with Gasteiger partial charge in [0.15, 0.2) is 17.3 Å². The van der Waals surface area contributed by atoms with Gasteiger partial charge in [-0.15, -0.1) is 6.42 Å². The van der Waals surface area contributed by atoms with Crippen molar-refractivity contribution >= 4 is 62.3 Å². The molecule has 2 aromatic carbocycles. The summed E-state index contributed by atoms with van der Waals surface area (Å²) in [6.45, 7) is 1.94. The van der Waals surface area contributed by atoms with Gasteiger partial charge in [0.2, 0.25) is 0 Å². The second-order valence-electron chi connectivity index (χ2n) is 6.45. The van der Waals surface area contributed by atoms with Crippen LogP contribution in [0.3, 0.4) is 0 Å². The number of Topliss-reactive ketones (excluding diaryl/α,β-unsaturated/α-hetero) is 1. The maximum Gasteiger partial charge on any atom is 0.293 e. The highest BCUT2D eigenvalue weighted by Crippen LogP contribution is 2.39. The molecule has 2 amide bonds. The number of thioether (sulfide) groups is 1. The second kappa shape index (κ2) is 10.7. The Morgan fingerprint density at radius 1 is 1.25 bits per heavy atom. The van der Waals surface area contributed by atoms with Gasteiger partial charge in [-0.05, 0) is 82.7 Å². The van der Waals surface area contributed by atoms with Crippen molar-refractivity contribution in [3.63, 3.8) is 0 Å². The molecule has 1 saturated heterocycles. The van der Waals surface area contributed by atoms with E-state index >= 15 is 0 Å². The molecule has 0 radical (unpaired) electrons. The molecule has 0 spiro atoms. The summed E-state index contributed by atoms with van der Waals surface area (Å²) >= 11 is 10.0. The summed E-state index contributed by atoms with van der Waals surface area (Å²) in [5.41, 5.74) is 0.980. The number of hydrogen-bond acceptors (Lipinski definition) is 6. The van der Waals surface area contributed by atoms with Crippen LogP contribution in [0.15, 0.2) is 45.8 Å². The highest BCUT2D eigenvalue weighted by molar-refractivity contribution is 9.10. The van der Waals surface area contributed by atoms with Crippen LogP contribution < -0.4 is 9.47 Å². The van der Waals surface area contributed by atoms with E-state index in [2.05, 4.69) is 21.9 Å². The molecule has 0 aliphatic carbocycles. The van der Waals surface area contributed by atoms with E-state index < -0.39 is 11.1 Å². The number of imide groups is 1.